The van der Waals surface area contributed by atoms with Crippen LogP contribution in [0.4, 0.5) is 5.69 Å². The molecular formula is C12H14N4O3. The van der Waals surface area contributed by atoms with Gasteiger partial charge in [-0.3, -0.25) is 9.36 Å². The number of hydrogen-bond acceptors (Lipinski definition) is 5. The number of aromatic nitrogens is 3. The minimum atomic E-state index is -0.248. The highest BCUT2D eigenvalue weighted by atomic mass is 16.5. The van der Waals surface area contributed by atoms with Crippen LogP contribution in [0.25, 0.3) is 5.69 Å². The highest BCUT2D eigenvalue weighted by molar-refractivity contribution is 5.93. The van der Waals surface area contributed by atoms with Gasteiger partial charge in [0, 0.05) is 7.11 Å². The Hall–Kier alpha value is -2.41. The maximum Gasteiger partial charge on any atom is 0.250 e. The average Bonchev–Trinajstić information content (AvgIpc) is 2.93. The molecular weight excluding hydrogens is 248 g/mol. The summed E-state index contributed by atoms with van der Waals surface area (Å²) in [4.78, 5) is 11.6. The van der Waals surface area contributed by atoms with Gasteiger partial charge in [-0.15, -0.1) is 10.2 Å². The molecule has 7 heteroatoms. The first-order valence-corrected chi connectivity index (χ1v) is 5.56. The standard InChI is InChI=1S/C12H14N4O3/c1-18-6-12(17)15-10-5-9(3-4-11(10)19-2)16-7-13-14-8-16/h3-5,7-8H,6H2,1-2H3,(H,15,17). The lowest BCUT2D eigenvalue weighted by molar-refractivity contribution is -0.119. The Morgan fingerprint density at radius 2 is 2.05 bits per heavy atom. The molecule has 0 aliphatic rings. The van der Waals surface area contributed by atoms with Crippen LogP contribution in [0.5, 0.6) is 5.75 Å². The molecule has 1 amide bonds. The van der Waals surface area contributed by atoms with Gasteiger partial charge in [0.1, 0.15) is 25.0 Å². The highest BCUT2D eigenvalue weighted by Crippen LogP contribution is 2.26. The molecule has 0 saturated heterocycles. The van der Waals surface area contributed by atoms with Crippen LogP contribution in [0.1, 0.15) is 0 Å². The minimum Gasteiger partial charge on any atom is -0.495 e. The van der Waals surface area contributed by atoms with Gasteiger partial charge in [0.15, 0.2) is 0 Å². The van der Waals surface area contributed by atoms with Crippen molar-refractivity contribution in [2.45, 2.75) is 0 Å². The van der Waals surface area contributed by atoms with Crippen molar-refractivity contribution in [3.63, 3.8) is 0 Å². The average molecular weight is 262 g/mol. The van der Waals surface area contributed by atoms with Crippen LogP contribution in [0, 0.1) is 0 Å². The Morgan fingerprint density at radius 3 is 2.68 bits per heavy atom. The van der Waals surface area contributed by atoms with E-state index in [1.54, 1.807) is 36.5 Å². The Morgan fingerprint density at radius 1 is 1.32 bits per heavy atom. The van der Waals surface area contributed by atoms with Crippen LogP contribution in [0.15, 0.2) is 30.9 Å². The number of nitrogens with one attached hydrogen (secondary N) is 1. The van der Waals surface area contributed by atoms with Crippen molar-refractivity contribution >= 4 is 11.6 Å². The van der Waals surface area contributed by atoms with E-state index in [2.05, 4.69) is 15.5 Å². The van der Waals surface area contributed by atoms with Gasteiger partial charge in [-0.25, -0.2) is 0 Å². The molecule has 0 aliphatic carbocycles. The number of hydrogen-bond donors (Lipinski definition) is 1. The first-order valence-electron chi connectivity index (χ1n) is 5.56. The van der Waals surface area contributed by atoms with Crippen molar-refractivity contribution in [2.24, 2.45) is 0 Å². The predicted octanol–water partition coefficient (Wildman–Crippen LogP) is 0.861. The third-order valence-corrected chi connectivity index (χ3v) is 2.45. The molecule has 0 unspecified atom stereocenters. The number of rotatable bonds is 5. The van der Waals surface area contributed by atoms with E-state index in [-0.39, 0.29) is 12.5 Å². The van der Waals surface area contributed by atoms with Gasteiger partial charge < -0.3 is 14.8 Å². The Bertz CT molecular complexity index is 554. The Kier molecular flexibility index (Phi) is 4.09. The molecule has 0 radical (unpaired) electrons. The summed E-state index contributed by atoms with van der Waals surface area (Å²) in [6, 6.07) is 5.38. The lowest BCUT2D eigenvalue weighted by Crippen LogP contribution is -2.17. The second-order valence-electron chi connectivity index (χ2n) is 3.73. The normalized spacial score (nSPS) is 10.2. The van der Waals surface area contributed by atoms with Crippen LogP contribution < -0.4 is 10.1 Å². The number of anilines is 1. The maximum absolute atomic E-state index is 11.6. The fourth-order valence-electron chi connectivity index (χ4n) is 1.61. The van der Waals surface area contributed by atoms with Gasteiger partial charge >= 0.3 is 0 Å². The molecule has 1 aromatic heterocycles. The van der Waals surface area contributed by atoms with Gasteiger partial charge in [-0.2, -0.15) is 0 Å². The van der Waals surface area contributed by atoms with Gasteiger partial charge in [-0.1, -0.05) is 0 Å². The van der Waals surface area contributed by atoms with E-state index in [1.165, 1.54) is 7.11 Å². The van der Waals surface area contributed by atoms with E-state index in [0.29, 0.717) is 11.4 Å². The zero-order chi connectivity index (χ0) is 13.7. The molecule has 19 heavy (non-hydrogen) atoms. The molecule has 7 nitrogen and oxygen atoms in total. The molecule has 0 fully saturated rings. The smallest absolute Gasteiger partial charge is 0.250 e. The molecule has 0 aliphatic heterocycles. The zero-order valence-electron chi connectivity index (χ0n) is 10.7. The maximum atomic E-state index is 11.6. The lowest BCUT2D eigenvalue weighted by Gasteiger charge is -2.12. The summed E-state index contributed by atoms with van der Waals surface area (Å²) in [5, 5.41) is 10.2. The molecule has 1 heterocycles. The summed E-state index contributed by atoms with van der Waals surface area (Å²) < 4.78 is 11.7. The van der Waals surface area contributed by atoms with Gasteiger partial charge in [-0.05, 0) is 18.2 Å². The molecule has 2 aromatic rings. The molecule has 0 spiro atoms. The van der Waals surface area contributed by atoms with Gasteiger partial charge in [0.2, 0.25) is 5.91 Å². The highest BCUT2D eigenvalue weighted by Gasteiger charge is 2.09. The summed E-state index contributed by atoms with van der Waals surface area (Å²) >= 11 is 0. The van der Waals surface area contributed by atoms with Crippen molar-refractivity contribution in [1.82, 2.24) is 14.8 Å². The number of amides is 1. The van der Waals surface area contributed by atoms with Crippen molar-refractivity contribution < 1.29 is 14.3 Å². The first kappa shape index (κ1) is 13.0. The molecule has 2 rings (SSSR count). The number of carbonyl (C=O) groups is 1. The van der Waals surface area contributed by atoms with E-state index in [4.69, 9.17) is 9.47 Å². The third-order valence-electron chi connectivity index (χ3n) is 2.45. The predicted molar refractivity (Wildman–Crippen MR) is 68.4 cm³/mol. The minimum absolute atomic E-state index is 0.0139. The molecule has 1 aromatic carbocycles. The second kappa shape index (κ2) is 5.96. The summed E-state index contributed by atoms with van der Waals surface area (Å²) in [7, 11) is 3.00. The van der Waals surface area contributed by atoms with Crippen molar-refractivity contribution in [3.8, 4) is 11.4 Å². The van der Waals surface area contributed by atoms with Crippen LogP contribution in [0.2, 0.25) is 0 Å². The molecule has 0 saturated carbocycles. The van der Waals surface area contributed by atoms with E-state index >= 15 is 0 Å². The van der Waals surface area contributed by atoms with Gasteiger partial charge in [0.05, 0.1) is 18.5 Å². The number of carbonyl (C=O) groups excluding carboxylic acids is 1. The number of methoxy groups -OCH3 is 2. The fourth-order valence-corrected chi connectivity index (χ4v) is 1.61. The first-order chi connectivity index (χ1) is 9.24. The van der Waals surface area contributed by atoms with Crippen molar-refractivity contribution in [2.75, 3.05) is 26.1 Å². The van der Waals surface area contributed by atoms with Crippen molar-refractivity contribution in [1.29, 1.82) is 0 Å². The fraction of sp³-hybridized carbons (Fsp3) is 0.250. The largest absolute Gasteiger partial charge is 0.495 e. The molecule has 100 valence electrons. The zero-order valence-corrected chi connectivity index (χ0v) is 10.7. The van der Waals surface area contributed by atoms with Gasteiger partial charge in [0.25, 0.3) is 0 Å². The van der Waals surface area contributed by atoms with Crippen LogP contribution in [-0.4, -0.2) is 41.5 Å². The molecule has 0 atom stereocenters. The van der Waals surface area contributed by atoms with Crippen LogP contribution in [-0.2, 0) is 9.53 Å². The molecule has 1 N–H and O–H groups in total. The monoisotopic (exact) mass is 262 g/mol. The quantitative estimate of drug-likeness (QED) is 0.864. The SMILES string of the molecule is COCC(=O)Nc1cc(-n2cnnc2)ccc1OC. The van der Waals surface area contributed by atoms with E-state index in [0.717, 1.165) is 5.69 Å². The van der Waals surface area contributed by atoms with Crippen LogP contribution in [0.3, 0.4) is 0 Å². The summed E-state index contributed by atoms with van der Waals surface area (Å²) in [6.45, 7) is -0.0139. The van der Waals surface area contributed by atoms with E-state index in [9.17, 15) is 4.79 Å². The molecule has 0 bridgehead atoms. The third kappa shape index (κ3) is 3.08. The topological polar surface area (TPSA) is 78.3 Å². The lowest BCUT2D eigenvalue weighted by atomic mass is 10.2. The number of benzene rings is 1. The Balaban J connectivity index is 2.29. The summed E-state index contributed by atoms with van der Waals surface area (Å²) in [5.74, 6) is 0.322. The summed E-state index contributed by atoms with van der Waals surface area (Å²) in [5.41, 5.74) is 1.38. The second-order valence-corrected chi connectivity index (χ2v) is 3.73. The van der Waals surface area contributed by atoms with Crippen LogP contribution >= 0.6 is 0 Å². The summed E-state index contributed by atoms with van der Waals surface area (Å²) in [6.07, 6.45) is 3.14. The Labute approximate surface area is 110 Å². The number of nitrogens with zero attached hydrogens (tertiary/aromatic N) is 3. The van der Waals surface area contributed by atoms with E-state index < -0.39 is 0 Å². The van der Waals surface area contributed by atoms with E-state index in [1.807, 2.05) is 6.07 Å². The van der Waals surface area contributed by atoms with Crippen molar-refractivity contribution in [3.05, 3.63) is 30.9 Å². The number of ether oxygens (including phenoxy) is 2.